The van der Waals surface area contributed by atoms with Gasteiger partial charge in [-0.15, -0.1) is 0 Å². The van der Waals surface area contributed by atoms with E-state index in [1.54, 1.807) is 22.9 Å². The zero-order valence-corrected chi connectivity index (χ0v) is 10.1. The molecular weight excluding hydrogens is 237 g/mol. The van der Waals surface area contributed by atoms with Gasteiger partial charge in [0, 0.05) is 11.4 Å². The molecule has 0 aliphatic heterocycles. The van der Waals surface area contributed by atoms with Crippen molar-refractivity contribution in [2.24, 2.45) is 0 Å². The molecule has 2 rings (SSSR count). The van der Waals surface area contributed by atoms with Crippen LogP contribution in [-0.4, -0.2) is 23.1 Å². The first-order chi connectivity index (χ1) is 8.60. The van der Waals surface area contributed by atoms with Gasteiger partial charge in [0.25, 0.3) is 6.47 Å². The molecule has 96 valence electrons. The maximum atomic E-state index is 12.7. The van der Waals surface area contributed by atoms with Crippen molar-refractivity contribution >= 4 is 12.4 Å². The Morgan fingerprint density at radius 2 is 1.94 bits per heavy atom. The number of benzene rings is 1. The lowest BCUT2D eigenvalue weighted by atomic mass is 10.3. The Hall–Kier alpha value is -2.37. The first kappa shape index (κ1) is 13.7. The number of hydrogen-bond acceptors (Lipinski definition) is 4. The number of anilines is 1. The molecule has 1 heterocycles. The summed E-state index contributed by atoms with van der Waals surface area (Å²) in [6.45, 7) is 2.27. The Morgan fingerprint density at radius 3 is 2.33 bits per heavy atom. The second kappa shape index (κ2) is 6.39. The van der Waals surface area contributed by atoms with Gasteiger partial charge < -0.3 is 10.5 Å². The summed E-state index contributed by atoms with van der Waals surface area (Å²) in [6, 6.07) is 6.13. The highest BCUT2D eigenvalue weighted by molar-refractivity contribution is 5.41. The molecule has 0 saturated heterocycles. The first-order valence-electron chi connectivity index (χ1n) is 5.12. The molecule has 0 fully saturated rings. The summed E-state index contributed by atoms with van der Waals surface area (Å²) in [7, 11) is 1.31. The number of nitrogens with zero attached hydrogens (tertiary/aromatic N) is 2. The number of imidazole rings is 1. The second-order valence-electron chi connectivity index (χ2n) is 3.40. The number of carbonyl (C=O) groups excluding carboxylic acids is 1. The molecule has 0 atom stereocenters. The van der Waals surface area contributed by atoms with Crippen molar-refractivity contribution in [2.75, 3.05) is 12.8 Å². The molecule has 0 aliphatic rings. The molecule has 1 aromatic heterocycles. The van der Waals surface area contributed by atoms with Gasteiger partial charge in [-0.1, -0.05) is 0 Å². The number of rotatable bonds is 2. The Balaban J connectivity index is 0.000000357. The van der Waals surface area contributed by atoms with Crippen molar-refractivity contribution in [2.45, 2.75) is 6.92 Å². The Kier molecular flexibility index (Phi) is 4.86. The van der Waals surface area contributed by atoms with E-state index in [9.17, 15) is 4.39 Å². The number of aryl methyl sites for hydroxylation is 1. The van der Waals surface area contributed by atoms with E-state index < -0.39 is 0 Å². The number of methoxy groups -OCH3 is 1. The molecule has 0 saturated carbocycles. The fourth-order valence-corrected chi connectivity index (χ4v) is 1.38. The number of carbonyl (C=O) groups is 1. The quantitative estimate of drug-likeness (QED) is 0.824. The lowest BCUT2D eigenvalue weighted by molar-refractivity contribution is -0.126. The minimum Gasteiger partial charge on any atom is -0.471 e. The van der Waals surface area contributed by atoms with Crippen LogP contribution in [-0.2, 0) is 9.53 Å². The lowest BCUT2D eigenvalue weighted by Gasteiger charge is -2.06. The van der Waals surface area contributed by atoms with Crippen molar-refractivity contribution in [1.82, 2.24) is 9.55 Å². The van der Waals surface area contributed by atoms with Gasteiger partial charge >= 0.3 is 0 Å². The fraction of sp³-hybridized carbons (Fsp3) is 0.167. The Morgan fingerprint density at radius 1 is 1.39 bits per heavy atom. The maximum Gasteiger partial charge on any atom is 0.292 e. The van der Waals surface area contributed by atoms with E-state index in [2.05, 4.69) is 9.72 Å². The van der Waals surface area contributed by atoms with Gasteiger partial charge in [0.2, 0.25) is 5.95 Å². The minimum atomic E-state index is -0.259. The largest absolute Gasteiger partial charge is 0.471 e. The van der Waals surface area contributed by atoms with Crippen LogP contribution >= 0.6 is 0 Å². The van der Waals surface area contributed by atoms with Crippen LogP contribution in [0.5, 0.6) is 0 Å². The van der Waals surface area contributed by atoms with Gasteiger partial charge in [-0.3, -0.25) is 9.36 Å². The molecule has 2 aromatic rings. The molecule has 0 spiro atoms. The van der Waals surface area contributed by atoms with Crippen LogP contribution in [0.4, 0.5) is 10.3 Å². The summed E-state index contributed by atoms with van der Waals surface area (Å²) in [4.78, 5) is 12.9. The van der Waals surface area contributed by atoms with Gasteiger partial charge in [-0.05, 0) is 31.2 Å². The predicted octanol–water partition coefficient (Wildman–Crippen LogP) is 1.69. The molecule has 0 bridgehead atoms. The highest BCUT2D eigenvalue weighted by Crippen LogP contribution is 2.15. The monoisotopic (exact) mass is 251 g/mol. The third-order valence-corrected chi connectivity index (χ3v) is 2.15. The number of hydrogen-bond donors (Lipinski definition) is 1. The van der Waals surface area contributed by atoms with Crippen molar-refractivity contribution in [3.63, 3.8) is 0 Å². The Bertz CT molecular complexity index is 489. The van der Waals surface area contributed by atoms with Crippen LogP contribution < -0.4 is 5.73 Å². The average Bonchev–Trinajstić information content (AvgIpc) is 2.71. The highest BCUT2D eigenvalue weighted by Gasteiger charge is 2.04. The maximum absolute atomic E-state index is 12.7. The average molecular weight is 251 g/mol. The van der Waals surface area contributed by atoms with Gasteiger partial charge in [-0.25, -0.2) is 9.37 Å². The van der Waals surface area contributed by atoms with Gasteiger partial charge in [0.05, 0.1) is 13.3 Å². The lowest BCUT2D eigenvalue weighted by Crippen LogP contribution is -2.02. The van der Waals surface area contributed by atoms with E-state index in [1.165, 1.54) is 19.2 Å². The number of halogens is 1. The van der Waals surface area contributed by atoms with Crippen LogP contribution in [0.25, 0.3) is 5.69 Å². The summed E-state index contributed by atoms with van der Waals surface area (Å²) < 4.78 is 18.3. The zero-order chi connectivity index (χ0) is 13.5. The van der Waals surface area contributed by atoms with E-state index in [1.807, 2.05) is 6.92 Å². The van der Waals surface area contributed by atoms with Crippen molar-refractivity contribution in [3.05, 3.63) is 42.0 Å². The van der Waals surface area contributed by atoms with E-state index >= 15 is 0 Å². The summed E-state index contributed by atoms with van der Waals surface area (Å²) in [5.41, 5.74) is 7.41. The van der Waals surface area contributed by atoms with Gasteiger partial charge in [0.15, 0.2) is 0 Å². The number of nitrogen functional groups attached to an aromatic ring is 1. The summed E-state index contributed by atoms with van der Waals surface area (Å²) in [5.74, 6) is 0.152. The smallest absolute Gasteiger partial charge is 0.292 e. The molecule has 0 aliphatic carbocycles. The molecule has 5 nitrogen and oxygen atoms in total. The summed E-state index contributed by atoms with van der Waals surface area (Å²) in [5, 5.41) is 0. The third kappa shape index (κ3) is 3.31. The van der Waals surface area contributed by atoms with Crippen LogP contribution in [0, 0.1) is 12.7 Å². The SMILES string of the molecule is COC=O.Cc1cnc(N)n1-c1ccc(F)cc1. The molecule has 1 aromatic carbocycles. The zero-order valence-electron chi connectivity index (χ0n) is 10.1. The predicted molar refractivity (Wildman–Crippen MR) is 65.7 cm³/mol. The van der Waals surface area contributed by atoms with Gasteiger partial charge in [-0.2, -0.15) is 0 Å². The second-order valence-corrected chi connectivity index (χ2v) is 3.40. The molecule has 2 N–H and O–H groups in total. The van der Waals surface area contributed by atoms with Crippen molar-refractivity contribution in [1.29, 1.82) is 0 Å². The number of nitrogens with two attached hydrogens (primary N) is 1. The molecule has 0 unspecified atom stereocenters. The van der Waals surface area contributed by atoms with Crippen LogP contribution in [0.3, 0.4) is 0 Å². The van der Waals surface area contributed by atoms with Gasteiger partial charge in [0.1, 0.15) is 5.82 Å². The molecule has 0 radical (unpaired) electrons. The van der Waals surface area contributed by atoms with E-state index in [-0.39, 0.29) is 5.82 Å². The normalized spacial score (nSPS) is 9.28. The topological polar surface area (TPSA) is 70.1 Å². The van der Waals surface area contributed by atoms with Crippen LogP contribution in [0.2, 0.25) is 0 Å². The Labute approximate surface area is 104 Å². The number of ether oxygens (including phenoxy) is 1. The van der Waals surface area contributed by atoms with E-state index in [4.69, 9.17) is 10.5 Å². The fourth-order valence-electron chi connectivity index (χ4n) is 1.38. The van der Waals surface area contributed by atoms with Crippen molar-refractivity contribution in [3.8, 4) is 5.69 Å². The molecule has 18 heavy (non-hydrogen) atoms. The summed E-state index contributed by atoms with van der Waals surface area (Å²) >= 11 is 0. The first-order valence-corrected chi connectivity index (χ1v) is 5.12. The van der Waals surface area contributed by atoms with Crippen LogP contribution in [0.15, 0.2) is 30.5 Å². The molecule has 6 heteroatoms. The van der Waals surface area contributed by atoms with E-state index in [0.29, 0.717) is 12.4 Å². The summed E-state index contributed by atoms with van der Waals surface area (Å²) in [6.07, 6.45) is 1.68. The number of aromatic nitrogens is 2. The molecular formula is C12H14FN3O2. The van der Waals surface area contributed by atoms with Crippen molar-refractivity contribution < 1.29 is 13.9 Å². The van der Waals surface area contributed by atoms with Crippen LogP contribution in [0.1, 0.15) is 5.69 Å². The third-order valence-electron chi connectivity index (χ3n) is 2.15. The standard InChI is InChI=1S/C10H10FN3.C2H4O2/c1-7-6-13-10(12)14(7)9-4-2-8(11)3-5-9;1-4-2-3/h2-6H,1H3,(H2,12,13);2H,1H3. The van der Waals surface area contributed by atoms with E-state index in [0.717, 1.165) is 11.4 Å². The molecule has 0 amide bonds. The highest BCUT2D eigenvalue weighted by atomic mass is 19.1. The minimum absolute atomic E-state index is 0.259.